The van der Waals surface area contributed by atoms with Gasteiger partial charge in [-0.05, 0) is 25.0 Å². The average molecular weight is 306 g/mol. The molecule has 1 aromatic rings. The van der Waals surface area contributed by atoms with Gasteiger partial charge in [-0.2, -0.15) is 0 Å². The standard InChI is InChI=1S/C17H26N2O3/c1-18-8-9-19(17-5-3-2-4-16(17)18)12-14(20)13-22-15-6-10-21-11-7-15/h2-5,14-15,20H,6-13H2,1H3. The lowest BCUT2D eigenvalue weighted by molar-refractivity contribution is -0.0575. The van der Waals surface area contributed by atoms with Gasteiger partial charge in [0.1, 0.15) is 0 Å². The number of para-hydroxylation sites is 2. The van der Waals surface area contributed by atoms with E-state index >= 15 is 0 Å². The van der Waals surface area contributed by atoms with Gasteiger partial charge in [-0.3, -0.25) is 0 Å². The summed E-state index contributed by atoms with van der Waals surface area (Å²) in [6.45, 7) is 4.47. The second kappa shape index (κ2) is 7.31. The second-order valence-electron chi connectivity index (χ2n) is 6.16. The van der Waals surface area contributed by atoms with Gasteiger partial charge in [0.2, 0.25) is 0 Å². The van der Waals surface area contributed by atoms with E-state index in [1.807, 2.05) is 0 Å². The monoisotopic (exact) mass is 306 g/mol. The van der Waals surface area contributed by atoms with Crippen LogP contribution >= 0.6 is 0 Å². The molecular weight excluding hydrogens is 280 g/mol. The smallest absolute Gasteiger partial charge is 0.0948 e. The van der Waals surface area contributed by atoms with E-state index < -0.39 is 6.10 Å². The molecule has 0 aromatic heterocycles. The zero-order chi connectivity index (χ0) is 15.4. The van der Waals surface area contributed by atoms with E-state index in [1.54, 1.807) is 0 Å². The topological polar surface area (TPSA) is 45.2 Å². The summed E-state index contributed by atoms with van der Waals surface area (Å²) in [4.78, 5) is 4.52. The number of benzene rings is 1. The number of aliphatic hydroxyl groups is 1. The summed E-state index contributed by atoms with van der Waals surface area (Å²) in [5.74, 6) is 0. The molecule has 2 aliphatic heterocycles. The van der Waals surface area contributed by atoms with Gasteiger partial charge >= 0.3 is 0 Å². The Morgan fingerprint density at radius 2 is 1.95 bits per heavy atom. The van der Waals surface area contributed by atoms with Gasteiger partial charge in [0, 0.05) is 39.9 Å². The number of anilines is 2. The molecular formula is C17H26N2O3. The Bertz CT molecular complexity index is 477. The predicted molar refractivity (Wildman–Crippen MR) is 87.7 cm³/mol. The maximum atomic E-state index is 10.3. The van der Waals surface area contributed by atoms with Gasteiger partial charge in [-0.25, -0.2) is 0 Å². The Morgan fingerprint density at radius 3 is 2.73 bits per heavy atom. The molecule has 1 aromatic carbocycles. The molecule has 0 aliphatic carbocycles. The summed E-state index contributed by atoms with van der Waals surface area (Å²) >= 11 is 0. The number of fused-ring (bicyclic) bond motifs is 1. The van der Waals surface area contributed by atoms with Crippen LogP contribution in [0.4, 0.5) is 11.4 Å². The van der Waals surface area contributed by atoms with Gasteiger partial charge in [0.25, 0.3) is 0 Å². The molecule has 1 N–H and O–H groups in total. The lowest BCUT2D eigenvalue weighted by Crippen LogP contribution is -2.44. The third kappa shape index (κ3) is 3.72. The predicted octanol–water partition coefficient (Wildman–Crippen LogP) is 1.50. The number of hydrogen-bond acceptors (Lipinski definition) is 5. The number of β-amino-alcohol motifs (C(OH)–C–C–N with tert-alkyl or cyclic N) is 1. The van der Waals surface area contributed by atoms with Crippen molar-refractivity contribution in [1.82, 2.24) is 0 Å². The van der Waals surface area contributed by atoms with Gasteiger partial charge in [0.05, 0.1) is 30.2 Å². The average Bonchev–Trinajstić information content (AvgIpc) is 2.57. The van der Waals surface area contributed by atoms with Crippen molar-refractivity contribution in [2.45, 2.75) is 25.0 Å². The molecule has 2 aliphatic rings. The highest BCUT2D eigenvalue weighted by Gasteiger charge is 2.22. The SMILES string of the molecule is CN1CCN(CC(O)COC2CCOCC2)c2ccccc21. The Morgan fingerprint density at radius 1 is 1.23 bits per heavy atom. The van der Waals surface area contributed by atoms with E-state index in [-0.39, 0.29) is 6.10 Å². The molecule has 22 heavy (non-hydrogen) atoms. The van der Waals surface area contributed by atoms with Crippen LogP contribution in [0.3, 0.4) is 0 Å². The van der Waals surface area contributed by atoms with E-state index in [2.05, 4.69) is 41.1 Å². The lowest BCUT2D eigenvalue weighted by Gasteiger charge is -2.38. The van der Waals surface area contributed by atoms with Crippen molar-refractivity contribution in [3.8, 4) is 0 Å². The molecule has 5 nitrogen and oxygen atoms in total. The molecule has 2 heterocycles. The first kappa shape index (κ1) is 15.6. The van der Waals surface area contributed by atoms with Gasteiger partial charge in [0.15, 0.2) is 0 Å². The van der Waals surface area contributed by atoms with Crippen molar-refractivity contribution in [3.63, 3.8) is 0 Å². The normalized spacial score (nSPS) is 20.8. The molecule has 0 amide bonds. The van der Waals surface area contributed by atoms with Crippen LogP contribution in [-0.2, 0) is 9.47 Å². The van der Waals surface area contributed by atoms with Crippen molar-refractivity contribution in [2.75, 3.05) is 56.3 Å². The number of ether oxygens (including phenoxy) is 2. The zero-order valence-corrected chi connectivity index (χ0v) is 13.3. The number of likely N-dealkylation sites (N-methyl/N-ethyl adjacent to an activating group) is 1. The minimum atomic E-state index is -0.459. The molecule has 0 saturated carbocycles. The lowest BCUT2D eigenvalue weighted by atomic mass is 10.1. The molecule has 1 saturated heterocycles. The molecule has 0 spiro atoms. The maximum absolute atomic E-state index is 10.3. The van der Waals surface area contributed by atoms with Crippen LogP contribution in [-0.4, -0.2) is 63.8 Å². The van der Waals surface area contributed by atoms with Crippen molar-refractivity contribution >= 4 is 11.4 Å². The van der Waals surface area contributed by atoms with Crippen LogP contribution < -0.4 is 9.80 Å². The maximum Gasteiger partial charge on any atom is 0.0948 e. The van der Waals surface area contributed by atoms with Crippen LogP contribution in [0.1, 0.15) is 12.8 Å². The number of nitrogens with zero attached hydrogens (tertiary/aromatic N) is 2. The van der Waals surface area contributed by atoms with Crippen molar-refractivity contribution < 1.29 is 14.6 Å². The molecule has 0 radical (unpaired) electrons. The minimum Gasteiger partial charge on any atom is -0.389 e. The highest BCUT2D eigenvalue weighted by Crippen LogP contribution is 2.31. The van der Waals surface area contributed by atoms with Crippen LogP contribution in [0.5, 0.6) is 0 Å². The largest absolute Gasteiger partial charge is 0.389 e. The summed E-state index contributed by atoms with van der Waals surface area (Å²) in [6, 6.07) is 8.36. The zero-order valence-electron chi connectivity index (χ0n) is 13.3. The Kier molecular flexibility index (Phi) is 5.18. The Labute approximate surface area is 132 Å². The molecule has 122 valence electrons. The first-order chi connectivity index (χ1) is 10.7. The summed E-state index contributed by atoms with van der Waals surface area (Å²) < 4.78 is 11.2. The van der Waals surface area contributed by atoms with E-state index in [0.717, 1.165) is 39.1 Å². The highest BCUT2D eigenvalue weighted by atomic mass is 16.5. The van der Waals surface area contributed by atoms with E-state index in [4.69, 9.17) is 9.47 Å². The second-order valence-corrected chi connectivity index (χ2v) is 6.16. The summed E-state index contributed by atoms with van der Waals surface area (Å²) in [7, 11) is 2.11. The molecule has 1 unspecified atom stereocenters. The number of hydrogen-bond donors (Lipinski definition) is 1. The minimum absolute atomic E-state index is 0.239. The van der Waals surface area contributed by atoms with Crippen LogP contribution in [0.15, 0.2) is 24.3 Å². The number of aliphatic hydroxyl groups excluding tert-OH is 1. The third-order valence-electron chi connectivity index (χ3n) is 4.46. The van der Waals surface area contributed by atoms with Crippen molar-refractivity contribution in [1.29, 1.82) is 0 Å². The fourth-order valence-electron chi connectivity index (χ4n) is 3.15. The van der Waals surface area contributed by atoms with Crippen LogP contribution in [0.25, 0.3) is 0 Å². The van der Waals surface area contributed by atoms with E-state index in [1.165, 1.54) is 11.4 Å². The molecule has 1 fully saturated rings. The quantitative estimate of drug-likeness (QED) is 0.893. The molecule has 5 heteroatoms. The molecule has 0 bridgehead atoms. The third-order valence-corrected chi connectivity index (χ3v) is 4.46. The van der Waals surface area contributed by atoms with Crippen LogP contribution in [0, 0.1) is 0 Å². The summed E-state index contributed by atoms with van der Waals surface area (Å²) in [5.41, 5.74) is 2.42. The Hall–Kier alpha value is -1.30. The first-order valence-corrected chi connectivity index (χ1v) is 8.16. The number of rotatable bonds is 5. The van der Waals surface area contributed by atoms with Gasteiger partial charge in [-0.1, -0.05) is 12.1 Å². The van der Waals surface area contributed by atoms with E-state index in [9.17, 15) is 5.11 Å². The highest BCUT2D eigenvalue weighted by molar-refractivity contribution is 5.73. The Balaban J connectivity index is 1.53. The first-order valence-electron chi connectivity index (χ1n) is 8.16. The van der Waals surface area contributed by atoms with E-state index in [0.29, 0.717) is 13.2 Å². The van der Waals surface area contributed by atoms with Gasteiger partial charge in [-0.15, -0.1) is 0 Å². The fourth-order valence-corrected chi connectivity index (χ4v) is 3.15. The fraction of sp³-hybridized carbons (Fsp3) is 0.647. The summed E-state index contributed by atoms with van der Waals surface area (Å²) in [5, 5.41) is 10.3. The molecule has 1 atom stereocenters. The summed E-state index contributed by atoms with van der Waals surface area (Å²) in [6.07, 6.45) is 1.65. The van der Waals surface area contributed by atoms with Gasteiger partial charge < -0.3 is 24.4 Å². The van der Waals surface area contributed by atoms with Crippen LogP contribution in [0.2, 0.25) is 0 Å². The molecule has 3 rings (SSSR count). The van der Waals surface area contributed by atoms with Crippen molar-refractivity contribution in [2.24, 2.45) is 0 Å². The van der Waals surface area contributed by atoms with Crippen molar-refractivity contribution in [3.05, 3.63) is 24.3 Å².